The van der Waals surface area contributed by atoms with Gasteiger partial charge in [0.2, 0.25) is 15.9 Å². The maximum absolute atomic E-state index is 12.6. The lowest BCUT2D eigenvalue weighted by molar-refractivity contribution is 0.129. The molecule has 0 aliphatic carbocycles. The van der Waals surface area contributed by atoms with E-state index in [1.165, 1.54) is 16.4 Å². The number of aryl methyl sites for hydroxylation is 1. The van der Waals surface area contributed by atoms with Gasteiger partial charge in [0.1, 0.15) is 6.10 Å². The summed E-state index contributed by atoms with van der Waals surface area (Å²) in [4.78, 5) is 4.59. The number of pyridine rings is 1. The topological polar surface area (TPSA) is 59.5 Å². The number of ether oxygens (including phenoxy) is 1. The Labute approximate surface area is 147 Å². The third-order valence-corrected chi connectivity index (χ3v) is 6.17. The van der Waals surface area contributed by atoms with Crippen LogP contribution in [0, 0.1) is 6.92 Å². The predicted octanol–water partition coefficient (Wildman–Crippen LogP) is 3.28. The number of rotatable bonds is 4. The van der Waals surface area contributed by atoms with Crippen LogP contribution in [0.15, 0.2) is 47.4 Å². The second-order valence-electron chi connectivity index (χ2n) is 5.79. The Morgan fingerprint density at radius 1 is 1.12 bits per heavy atom. The molecular formula is C17H19ClN2O3S. The van der Waals surface area contributed by atoms with Crippen molar-refractivity contribution in [3.8, 4) is 5.88 Å². The molecule has 0 unspecified atom stereocenters. The molecule has 1 aliphatic rings. The molecule has 24 heavy (non-hydrogen) atoms. The summed E-state index contributed by atoms with van der Waals surface area (Å²) in [6.45, 7) is 2.77. The van der Waals surface area contributed by atoms with Gasteiger partial charge in [-0.2, -0.15) is 4.31 Å². The minimum atomic E-state index is -3.48. The highest BCUT2D eigenvalue weighted by atomic mass is 35.5. The van der Waals surface area contributed by atoms with Gasteiger partial charge in [0.05, 0.1) is 4.90 Å². The molecule has 0 spiro atoms. The molecule has 0 atom stereocenters. The van der Waals surface area contributed by atoms with Crippen molar-refractivity contribution < 1.29 is 13.2 Å². The summed E-state index contributed by atoms with van der Waals surface area (Å²) in [5.41, 5.74) is 0.898. The van der Waals surface area contributed by atoms with Gasteiger partial charge in [-0.3, -0.25) is 0 Å². The van der Waals surface area contributed by atoms with Gasteiger partial charge >= 0.3 is 0 Å². The first kappa shape index (κ1) is 17.2. The number of nitrogens with zero attached hydrogens (tertiary/aromatic N) is 2. The van der Waals surface area contributed by atoms with Crippen molar-refractivity contribution in [2.24, 2.45) is 0 Å². The van der Waals surface area contributed by atoms with Gasteiger partial charge < -0.3 is 4.74 Å². The average Bonchev–Trinajstić information content (AvgIpc) is 2.56. The van der Waals surface area contributed by atoms with Crippen LogP contribution in [0.25, 0.3) is 0 Å². The average molecular weight is 367 g/mol. The number of halogens is 1. The van der Waals surface area contributed by atoms with Gasteiger partial charge in [-0.25, -0.2) is 13.4 Å². The molecule has 1 fully saturated rings. The van der Waals surface area contributed by atoms with Crippen LogP contribution in [-0.2, 0) is 10.0 Å². The minimum absolute atomic E-state index is 0.0176. The lowest BCUT2D eigenvalue weighted by Crippen LogP contribution is -2.41. The summed E-state index contributed by atoms with van der Waals surface area (Å²) in [5, 5.41) is 0.520. The molecule has 0 bridgehead atoms. The Morgan fingerprint density at radius 2 is 1.79 bits per heavy atom. The third-order valence-electron chi connectivity index (χ3n) is 4.00. The van der Waals surface area contributed by atoms with Gasteiger partial charge in [0.15, 0.2) is 0 Å². The molecule has 0 amide bonds. The smallest absolute Gasteiger partial charge is 0.243 e. The fourth-order valence-electron chi connectivity index (χ4n) is 2.70. The van der Waals surface area contributed by atoms with Crippen LogP contribution in [-0.4, -0.2) is 36.9 Å². The first-order valence-corrected chi connectivity index (χ1v) is 9.63. The van der Waals surface area contributed by atoms with Crippen LogP contribution in [0.1, 0.15) is 18.5 Å². The van der Waals surface area contributed by atoms with E-state index in [9.17, 15) is 8.42 Å². The number of hydrogen-bond donors (Lipinski definition) is 0. The molecule has 2 heterocycles. The summed E-state index contributed by atoms with van der Waals surface area (Å²) in [7, 11) is -3.48. The van der Waals surface area contributed by atoms with Crippen LogP contribution in [0.5, 0.6) is 5.88 Å². The van der Waals surface area contributed by atoms with E-state index >= 15 is 0 Å². The highest BCUT2D eigenvalue weighted by Crippen LogP contribution is 2.24. The maximum Gasteiger partial charge on any atom is 0.243 e. The zero-order valence-corrected chi connectivity index (χ0v) is 14.9. The van der Waals surface area contributed by atoms with E-state index in [0.717, 1.165) is 5.69 Å². The quantitative estimate of drug-likeness (QED) is 0.833. The summed E-state index contributed by atoms with van der Waals surface area (Å²) in [6, 6.07) is 11.9. The van der Waals surface area contributed by atoms with Crippen molar-refractivity contribution in [1.82, 2.24) is 9.29 Å². The second-order valence-corrected chi connectivity index (χ2v) is 8.17. The highest BCUT2D eigenvalue weighted by Gasteiger charge is 2.30. The summed E-state index contributed by atoms with van der Waals surface area (Å²) in [6.07, 6.45) is 1.26. The van der Waals surface area contributed by atoms with E-state index in [-0.39, 0.29) is 11.0 Å². The molecule has 0 N–H and O–H groups in total. The normalized spacial score (nSPS) is 16.9. The van der Waals surface area contributed by atoms with Gasteiger partial charge in [-0.1, -0.05) is 17.7 Å². The van der Waals surface area contributed by atoms with Gasteiger partial charge in [0.25, 0.3) is 0 Å². The molecule has 3 rings (SSSR count). The summed E-state index contributed by atoms with van der Waals surface area (Å²) >= 11 is 5.82. The molecule has 5 nitrogen and oxygen atoms in total. The zero-order valence-electron chi connectivity index (χ0n) is 13.4. The summed E-state index contributed by atoms with van der Waals surface area (Å²) in [5.74, 6) is 0.592. The van der Waals surface area contributed by atoms with Crippen LogP contribution >= 0.6 is 11.6 Å². The van der Waals surface area contributed by atoms with Crippen molar-refractivity contribution in [2.45, 2.75) is 30.8 Å². The van der Waals surface area contributed by atoms with E-state index in [1.54, 1.807) is 12.1 Å². The van der Waals surface area contributed by atoms with Gasteiger partial charge in [0, 0.05) is 29.9 Å². The number of hydrogen-bond acceptors (Lipinski definition) is 4. The van der Waals surface area contributed by atoms with Gasteiger partial charge in [-0.15, -0.1) is 0 Å². The van der Waals surface area contributed by atoms with E-state index < -0.39 is 10.0 Å². The predicted molar refractivity (Wildman–Crippen MR) is 92.8 cm³/mol. The number of piperidine rings is 1. The Hall–Kier alpha value is -1.63. The number of benzene rings is 1. The van der Waals surface area contributed by atoms with E-state index in [2.05, 4.69) is 4.98 Å². The molecule has 0 radical (unpaired) electrons. The molecule has 1 aromatic carbocycles. The van der Waals surface area contributed by atoms with E-state index in [1.807, 2.05) is 25.1 Å². The molecule has 2 aromatic rings. The molecule has 7 heteroatoms. The van der Waals surface area contributed by atoms with Crippen LogP contribution in [0.4, 0.5) is 0 Å². The van der Waals surface area contributed by atoms with E-state index in [0.29, 0.717) is 36.8 Å². The first-order chi connectivity index (χ1) is 11.4. The van der Waals surface area contributed by atoms with Crippen molar-refractivity contribution in [3.63, 3.8) is 0 Å². The van der Waals surface area contributed by atoms with Crippen molar-refractivity contribution in [3.05, 3.63) is 53.2 Å². The second kappa shape index (κ2) is 7.09. The standard InChI is InChI=1S/C17H19ClN2O3S/c1-13-3-2-4-17(19-13)23-15-9-11-20(12-10-15)24(21,22)16-7-5-14(18)6-8-16/h2-8,15H,9-12H2,1H3. The summed E-state index contributed by atoms with van der Waals surface area (Å²) < 4.78 is 32.6. The first-order valence-electron chi connectivity index (χ1n) is 7.81. The third kappa shape index (κ3) is 3.88. The lowest BCUT2D eigenvalue weighted by Gasteiger charge is -2.31. The van der Waals surface area contributed by atoms with Gasteiger partial charge in [-0.05, 0) is 50.1 Å². The molecular weight excluding hydrogens is 348 g/mol. The zero-order chi connectivity index (χ0) is 17.2. The Kier molecular flexibility index (Phi) is 5.08. The Bertz CT molecular complexity index is 801. The lowest BCUT2D eigenvalue weighted by atomic mass is 10.1. The number of sulfonamides is 1. The molecule has 128 valence electrons. The molecule has 1 aliphatic heterocycles. The molecule has 1 aromatic heterocycles. The Balaban J connectivity index is 1.63. The molecule has 1 saturated heterocycles. The SMILES string of the molecule is Cc1cccc(OC2CCN(S(=O)(=O)c3ccc(Cl)cc3)CC2)n1. The van der Waals surface area contributed by atoms with Crippen molar-refractivity contribution >= 4 is 21.6 Å². The van der Waals surface area contributed by atoms with Crippen molar-refractivity contribution in [1.29, 1.82) is 0 Å². The fraction of sp³-hybridized carbons (Fsp3) is 0.353. The van der Waals surface area contributed by atoms with Crippen LogP contribution in [0.3, 0.4) is 0 Å². The van der Waals surface area contributed by atoms with Crippen molar-refractivity contribution in [2.75, 3.05) is 13.1 Å². The molecule has 0 saturated carbocycles. The monoisotopic (exact) mass is 366 g/mol. The number of aromatic nitrogens is 1. The fourth-order valence-corrected chi connectivity index (χ4v) is 4.30. The van der Waals surface area contributed by atoms with Crippen LogP contribution < -0.4 is 4.74 Å². The Morgan fingerprint density at radius 3 is 2.42 bits per heavy atom. The minimum Gasteiger partial charge on any atom is -0.474 e. The van der Waals surface area contributed by atoms with Crippen LogP contribution in [0.2, 0.25) is 5.02 Å². The highest BCUT2D eigenvalue weighted by molar-refractivity contribution is 7.89. The van der Waals surface area contributed by atoms with E-state index in [4.69, 9.17) is 16.3 Å². The maximum atomic E-state index is 12.6. The largest absolute Gasteiger partial charge is 0.474 e.